The lowest BCUT2D eigenvalue weighted by atomic mass is 10.1. The molecule has 0 aliphatic carbocycles. The van der Waals surface area contributed by atoms with E-state index in [1.54, 1.807) is 24.3 Å². The van der Waals surface area contributed by atoms with Crippen LogP contribution in [0.25, 0.3) is 0 Å². The van der Waals surface area contributed by atoms with E-state index in [1.165, 1.54) is 40.6 Å². The fourth-order valence-corrected chi connectivity index (χ4v) is 5.75. The smallest absolute Gasteiger partial charge is 0.243 e. The van der Waals surface area contributed by atoms with Crippen molar-refractivity contribution in [3.8, 4) is 5.75 Å². The molecule has 2 aromatic rings. The second-order valence-electron chi connectivity index (χ2n) is 8.59. The second-order valence-corrected chi connectivity index (χ2v) is 10.5. The maximum absolute atomic E-state index is 13.1. The number of ether oxygens (including phenoxy) is 1. The third kappa shape index (κ3) is 5.80. The Bertz CT molecular complexity index is 1150. The molecule has 0 saturated carbocycles. The lowest BCUT2D eigenvalue weighted by Gasteiger charge is -2.34. The first kappa shape index (κ1) is 25.1. The molecule has 2 fully saturated rings. The topological polar surface area (TPSA) is 99.3 Å². The number of anilines is 1. The number of sulfonamides is 1. The maximum atomic E-state index is 13.1. The van der Waals surface area contributed by atoms with Crippen LogP contribution in [0.1, 0.15) is 6.42 Å². The number of piperazine rings is 1. The first-order valence-corrected chi connectivity index (χ1v) is 12.9. The summed E-state index contributed by atoms with van der Waals surface area (Å²) in [4.78, 5) is 28.8. The van der Waals surface area contributed by atoms with Gasteiger partial charge in [-0.3, -0.25) is 14.5 Å². The van der Waals surface area contributed by atoms with E-state index < -0.39 is 15.9 Å². The minimum Gasteiger partial charge on any atom is -0.497 e. The van der Waals surface area contributed by atoms with Gasteiger partial charge in [-0.05, 0) is 48.5 Å². The molecule has 4 rings (SSSR count). The first-order chi connectivity index (χ1) is 16.8. The average molecular weight is 505 g/mol. The van der Waals surface area contributed by atoms with Crippen molar-refractivity contribution in [2.75, 3.05) is 57.8 Å². The monoisotopic (exact) mass is 504 g/mol. The zero-order chi connectivity index (χ0) is 25.0. The zero-order valence-corrected chi connectivity index (χ0v) is 20.3. The van der Waals surface area contributed by atoms with Crippen LogP contribution in [-0.2, 0) is 19.6 Å². The lowest BCUT2D eigenvalue weighted by molar-refractivity contribution is -0.126. The average Bonchev–Trinajstić information content (AvgIpc) is 3.26. The van der Waals surface area contributed by atoms with Crippen molar-refractivity contribution in [3.05, 3.63) is 54.3 Å². The van der Waals surface area contributed by atoms with Crippen molar-refractivity contribution in [1.82, 2.24) is 14.5 Å². The van der Waals surface area contributed by atoms with Crippen LogP contribution in [0, 0.1) is 11.7 Å². The molecule has 2 saturated heterocycles. The summed E-state index contributed by atoms with van der Waals surface area (Å²) in [5, 5.41) is 2.89. The van der Waals surface area contributed by atoms with Gasteiger partial charge in [0.1, 0.15) is 11.6 Å². The van der Waals surface area contributed by atoms with Gasteiger partial charge < -0.3 is 15.0 Å². The number of hydrogen-bond donors (Lipinski definition) is 1. The molecule has 0 spiro atoms. The van der Waals surface area contributed by atoms with Crippen molar-refractivity contribution in [2.24, 2.45) is 5.92 Å². The Morgan fingerprint density at radius 1 is 1.06 bits per heavy atom. The number of carbonyl (C=O) groups is 2. The highest BCUT2D eigenvalue weighted by Gasteiger charge is 2.35. The SMILES string of the molecule is COc1ccc(S(=O)(=O)N2CCN(CCNC(=O)C3CC(=O)N(c4ccc(F)cc4)C3)CC2)cc1. The van der Waals surface area contributed by atoms with Crippen LogP contribution in [0.5, 0.6) is 5.75 Å². The second kappa shape index (κ2) is 10.7. The van der Waals surface area contributed by atoms with Gasteiger partial charge in [-0.1, -0.05) is 0 Å². The normalized spacial score (nSPS) is 19.7. The highest BCUT2D eigenvalue weighted by atomic mass is 32.2. The molecule has 2 heterocycles. The Morgan fingerprint density at radius 2 is 1.71 bits per heavy atom. The fourth-order valence-electron chi connectivity index (χ4n) is 4.33. The molecule has 2 amide bonds. The van der Waals surface area contributed by atoms with Gasteiger partial charge in [0.25, 0.3) is 0 Å². The van der Waals surface area contributed by atoms with E-state index in [4.69, 9.17) is 4.74 Å². The Morgan fingerprint density at radius 3 is 2.34 bits per heavy atom. The first-order valence-electron chi connectivity index (χ1n) is 11.5. The summed E-state index contributed by atoms with van der Waals surface area (Å²) in [5.41, 5.74) is 0.578. The summed E-state index contributed by atoms with van der Waals surface area (Å²) in [6, 6.07) is 12.0. The summed E-state index contributed by atoms with van der Waals surface area (Å²) in [6.45, 7) is 3.11. The summed E-state index contributed by atoms with van der Waals surface area (Å²) in [7, 11) is -2.04. The Kier molecular flexibility index (Phi) is 7.68. The zero-order valence-electron chi connectivity index (χ0n) is 19.5. The molecule has 35 heavy (non-hydrogen) atoms. The molecule has 1 N–H and O–H groups in total. The van der Waals surface area contributed by atoms with E-state index in [-0.39, 0.29) is 35.5 Å². The predicted octanol–water partition coefficient (Wildman–Crippen LogP) is 1.31. The predicted molar refractivity (Wildman–Crippen MR) is 128 cm³/mol. The van der Waals surface area contributed by atoms with Crippen molar-refractivity contribution in [2.45, 2.75) is 11.3 Å². The highest BCUT2D eigenvalue weighted by molar-refractivity contribution is 7.89. The number of nitrogens with one attached hydrogen (secondary N) is 1. The van der Waals surface area contributed by atoms with Crippen LogP contribution in [0.3, 0.4) is 0 Å². The number of halogens is 1. The fraction of sp³-hybridized carbons (Fsp3) is 0.417. The summed E-state index contributed by atoms with van der Waals surface area (Å²) in [6.07, 6.45) is 0.116. The number of amides is 2. The molecule has 1 atom stereocenters. The van der Waals surface area contributed by atoms with Crippen molar-refractivity contribution >= 4 is 27.5 Å². The van der Waals surface area contributed by atoms with Crippen molar-refractivity contribution in [1.29, 1.82) is 0 Å². The lowest BCUT2D eigenvalue weighted by Crippen LogP contribution is -2.50. The molecule has 1 unspecified atom stereocenters. The van der Waals surface area contributed by atoms with Crippen LogP contribution < -0.4 is 15.0 Å². The van der Waals surface area contributed by atoms with Gasteiger partial charge in [-0.2, -0.15) is 4.31 Å². The van der Waals surface area contributed by atoms with Crippen LogP contribution in [0.2, 0.25) is 0 Å². The highest BCUT2D eigenvalue weighted by Crippen LogP contribution is 2.25. The van der Waals surface area contributed by atoms with E-state index in [0.717, 1.165) is 0 Å². The molecule has 11 heteroatoms. The summed E-state index contributed by atoms with van der Waals surface area (Å²) in [5.74, 6) is -0.594. The molecular formula is C24H29FN4O5S. The number of benzene rings is 2. The molecule has 188 valence electrons. The van der Waals surface area contributed by atoms with Crippen LogP contribution >= 0.6 is 0 Å². The summed E-state index contributed by atoms with van der Waals surface area (Å²) < 4.78 is 45.5. The van der Waals surface area contributed by atoms with Gasteiger partial charge in [0.05, 0.1) is 17.9 Å². The molecule has 2 aliphatic rings. The van der Waals surface area contributed by atoms with Gasteiger partial charge in [0.2, 0.25) is 21.8 Å². The van der Waals surface area contributed by atoms with E-state index in [0.29, 0.717) is 50.7 Å². The molecule has 2 aliphatic heterocycles. The summed E-state index contributed by atoms with van der Waals surface area (Å²) >= 11 is 0. The third-order valence-corrected chi connectivity index (χ3v) is 8.30. The van der Waals surface area contributed by atoms with Gasteiger partial charge in [0.15, 0.2) is 0 Å². The molecule has 9 nitrogen and oxygen atoms in total. The number of methoxy groups -OCH3 is 1. The Labute approximate surface area is 204 Å². The largest absolute Gasteiger partial charge is 0.497 e. The standard InChI is InChI=1S/C24H29FN4O5S/c1-34-21-6-8-22(9-7-21)35(32,33)28-14-12-27(13-15-28)11-10-26-24(31)18-16-23(30)29(17-18)20-4-2-19(25)3-5-20/h2-9,18H,10-17H2,1H3,(H,26,31). The molecular weight excluding hydrogens is 475 g/mol. The van der Waals surface area contributed by atoms with Crippen molar-refractivity contribution < 1.29 is 27.1 Å². The minimum absolute atomic E-state index is 0.116. The number of nitrogens with zero attached hydrogens (tertiary/aromatic N) is 3. The molecule has 0 radical (unpaired) electrons. The van der Waals surface area contributed by atoms with Crippen molar-refractivity contribution in [3.63, 3.8) is 0 Å². The van der Waals surface area contributed by atoms with E-state index >= 15 is 0 Å². The number of hydrogen-bond acceptors (Lipinski definition) is 6. The number of rotatable bonds is 8. The Balaban J connectivity index is 1.21. The van der Waals surface area contributed by atoms with Gasteiger partial charge in [-0.25, -0.2) is 12.8 Å². The van der Waals surface area contributed by atoms with Crippen LogP contribution in [0.4, 0.5) is 10.1 Å². The quantitative estimate of drug-likeness (QED) is 0.582. The maximum Gasteiger partial charge on any atom is 0.243 e. The molecule has 0 bridgehead atoms. The van der Waals surface area contributed by atoms with Gasteiger partial charge in [0, 0.05) is 57.9 Å². The molecule has 2 aromatic carbocycles. The van der Waals surface area contributed by atoms with E-state index in [2.05, 4.69) is 10.2 Å². The molecule has 0 aromatic heterocycles. The van der Waals surface area contributed by atoms with Crippen LogP contribution in [-0.4, -0.2) is 82.4 Å². The van der Waals surface area contributed by atoms with E-state index in [9.17, 15) is 22.4 Å². The van der Waals surface area contributed by atoms with Crippen LogP contribution in [0.15, 0.2) is 53.4 Å². The van der Waals surface area contributed by atoms with Gasteiger partial charge in [-0.15, -0.1) is 0 Å². The van der Waals surface area contributed by atoms with E-state index in [1.807, 2.05) is 0 Å². The third-order valence-electron chi connectivity index (χ3n) is 6.39. The number of carbonyl (C=O) groups excluding carboxylic acids is 2. The Hall–Kier alpha value is -3.02. The van der Waals surface area contributed by atoms with Gasteiger partial charge >= 0.3 is 0 Å². The minimum atomic E-state index is -3.57.